The van der Waals surface area contributed by atoms with E-state index >= 15 is 0 Å². The average Bonchev–Trinajstić information content (AvgIpc) is 3.11. The van der Waals surface area contributed by atoms with Crippen LogP contribution in [0, 0.1) is 12.8 Å². The summed E-state index contributed by atoms with van der Waals surface area (Å²) in [6.07, 6.45) is 1.89. The SMILES string of the molecule is Cc1cc(C(C)C)nc(NC(C)(C(=O)O)C2CC2)n1. The van der Waals surface area contributed by atoms with Crippen molar-refractivity contribution >= 4 is 11.9 Å². The van der Waals surface area contributed by atoms with Gasteiger partial charge in [-0.2, -0.15) is 0 Å². The van der Waals surface area contributed by atoms with Crippen LogP contribution in [0.25, 0.3) is 0 Å². The fourth-order valence-corrected chi connectivity index (χ4v) is 2.17. The third-order valence-corrected chi connectivity index (χ3v) is 3.68. The Balaban J connectivity index is 2.29. The molecule has 5 nitrogen and oxygen atoms in total. The molecule has 0 bridgehead atoms. The Bertz CT molecular complexity index is 497. The van der Waals surface area contributed by atoms with E-state index in [1.165, 1.54) is 0 Å². The zero-order valence-electron chi connectivity index (χ0n) is 11.9. The van der Waals surface area contributed by atoms with Gasteiger partial charge in [0.2, 0.25) is 5.95 Å². The summed E-state index contributed by atoms with van der Waals surface area (Å²) in [6.45, 7) is 7.73. The van der Waals surface area contributed by atoms with E-state index in [2.05, 4.69) is 29.1 Å². The summed E-state index contributed by atoms with van der Waals surface area (Å²) in [5.41, 5.74) is 0.811. The molecule has 1 aliphatic rings. The van der Waals surface area contributed by atoms with Crippen molar-refractivity contribution in [3.05, 3.63) is 17.5 Å². The van der Waals surface area contributed by atoms with E-state index in [-0.39, 0.29) is 5.92 Å². The number of nitrogens with one attached hydrogen (secondary N) is 1. The molecule has 1 saturated carbocycles. The van der Waals surface area contributed by atoms with E-state index in [0.29, 0.717) is 11.9 Å². The van der Waals surface area contributed by atoms with E-state index in [0.717, 1.165) is 24.2 Å². The minimum atomic E-state index is -0.970. The van der Waals surface area contributed by atoms with Crippen LogP contribution in [0.2, 0.25) is 0 Å². The number of anilines is 1. The molecular formula is C14H21N3O2. The zero-order valence-corrected chi connectivity index (χ0v) is 11.9. The molecule has 1 aromatic heterocycles. The Kier molecular flexibility index (Phi) is 3.47. The van der Waals surface area contributed by atoms with Gasteiger partial charge in [0, 0.05) is 11.4 Å². The Hall–Kier alpha value is -1.65. The van der Waals surface area contributed by atoms with Crippen molar-refractivity contribution in [2.75, 3.05) is 5.32 Å². The molecule has 0 aromatic carbocycles. The molecule has 104 valence electrons. The van der Waals surface area contributed by atoms with E-state index in [1.807, 2.05) is 13.0 Å². The molecule has 1 aliphatic carbocycles. The van der Waals surface area contributed by atoms with Gasteiger partial charge < -0.3 is 10.4 Å². The van der Waals surface area contributed by atoms with Crippen LogP contribution in [-0.2, 0) is 4.79 Å². The number of nitrogens with zero attached hydrogens (tertiary/aromatic N) is 2. The molecule has 2 N–H and O–H groups in total. The first-order valence-electron chi connectivity index (χ1n) is 6.70. The highest BCUT2D eigenvalue weighted by Gasteiger charge is 2.48. The summed E-state index contributed by atoms with van der Waals surface area (Å²) in [5, 5.41) is 12.5. The third kappa shape index (κ3) is 2.85. The number of hydrogen-bond acceptors (Lipinski definition) is 4. The van der Waals surface area contributed by atoms with Crippen LogP contribution in [0.4, 0.5) is 5.95 Å². The van der Waals surface area contributed by atoms with Crippen molar-refractivity contribution in [3.63, 3.8) is 0 Å². The first-order chi connectivity index (χ1) is 8.83. The van der Waals surface area contributed by atoms with Gasteiger partial charge in [-0.25, -0.2) is 14.8 Å². The molecule has 0 amide bonds. The van der Waals surface area contributed by atoms with Crippen molar-refractivity contribution < 1.29 is 9.90 Å². The maximum absolute atomic E-state index is 11.5. The topological polar surface area (TPSA) is 75.1 Å². The van der Waals surface area contributed by atoms with Crippen molar-refractivity contribution in [2.24, 2.45) is 5.92 Å². The quantitative estimate of drug-likeness (QED) is 0.854. The lowest BCUT2D eigenvalue weighted by Gasteiger charge is -2.26. The first kappa shape index (κ1) is 13.8. The molecule has 1 unspecified atom stereocenters. The minimum Gasteiger partial charge on any atom is -0.480 e. The molecule has 19 heavy (non-hydrogen) atoms. The smallest absolute Gasteiger partial charge is 0.329 e. The number of hydrogen-bond donors (Lipinski definition) is 2. The molecule has 1 aromatic rings. The summed E-state index contributed by atoms with van der Waals surface area (Å²) < 4.78 is 0. The molecule has 0 radical (unpaired) electrons. The number of carbonyl (C=O) groups is 1. The summed E-state index contributed by atoms with van der Waals surface area (Å²) in [5.74, 6) is 0.0302. The summed E-state index contributed by atoms with van der Waals surface area (Å²) in [7, 11) is 0. The lowest BCUT2D eigenvalue weighted by molar-refractivity contribution is -0.142. The number of aliphatic carboxylic acids is 1. The number of aromatic nitrogens is 2. The molecule has 1 atom stereocenters. The number of aryl methyl sites for hydroxylation is 1. The maximum Gasteiger partial charge on any atom is 0.329 e. The van der Waals surface area contributed by atoms with Crippen LogP contribution in [-0.4, -0.2) is 26.6 Å². The van der Waals surface area contributed by atoms with Gasteiger partial charge in [-0.3, -0.25) is 0 Å². The van der Waals surface area contributed by atoms with E-state index in [1.54, 1.807) is 6.92 Å². The third-order valence-electron chi connectivity index (χ3n) is 3.68. The van der Waals surface area contributed by atoms with E-state index < -0.39 is 11.5 Å². The average molecular weight is 263 g/mol. The standard InChI is InChI=1S/C14H21N3O2/c1-8(2)11-7-9(3)15-13(16-11)17-14(4,12(18)19)10-5-6-10/h7-8,10H,5-6H2,1-4H3,(H,18,19)(H,15,16,17). The predicted octanol–water partition coefficient (Wildman–Crippen LogP) is 2.57. The lowest BCUT2D eigenvalue weighted by atomic mass is 9.96. The summed E-state index contributed by atoms with van der Waals surface area (Å²) in [6, 6.07) is 1.94. The molecule has 5 heteroatoms. The van der Waals surface area contributed by atoms with Gasteiger partial charge in [0.25, 0.3) is 0 Å². The highest BCUT2D eigenvalue weighted by Crippen LogP contribution is 2.41. The second-order valence-corrected chi connectivity index (χ2v) is 5.82. The van der Waals surface area contributed by atoms with Crippen molar-refractivity contribution in [1.29, 1.82) is 0 Å². The highest BCUT2D eigenvalue weighted by atomic mass is 16.4. The molecule has 0 saturated heterocycles. The second-order valence-electron chi connectivity index (χ2n) is 5.82. The van der Waals surface area contributed by atoms with Crippen LogP contribution in [0.1, 0.15) is 50.9 Å². The Labute approximate surface area is 113 Å². The summed E-state index contributed by atoms with van der Waals surface area (Å²) >= 11 is 0. The predicted molar refractivity (Wildman–Crippen MR) is 73.2 cm³/mol. The number of carboxylic acid groups (broad SMARTS) is 1. The second kappa shape index (κ2) is 4.79. The van der Waals surface area contributed by atoms with Gasteiger partial charge in [-0.05, 0) is 44.6 Å². The normalized spacial score (nSPS) is 18.2. The van der Waals surface area contributed by atoms with Crippen LogP contribution in [0.15, 0.2) is 6.07 Å². The lowest BCUT2D eigenvalue weighted by Crippen LogP contribution is -2.46. The van der Waals surface area contributed by atoms with Crippen LogP contribution in [0.3, 0.4) is 0 Å². The Morgan fingerprint density at radius 3 is 2.58 bits per heavy atom. The summed E-state index contributed by atoms with van der Waals surface area (Å²) in [4.78, 5) is 20.2. The van der Waals surface area contributed by atoms with Gasteiger partial charge >= 0.3 is 5.97 Å². The molecule has 1 fully saturated rings. The fraction of sp³-hybridized carbons (Fsp3) is 0.643. The largest absolute Gasteiger partial charge is 0.480 e. The van der Waals surface area contributed by atoms with Crippen LogP contribution >= 0.6 is 0 Å². The number of rotatable bonds is 5. The molecule has 1 heterocycles. The number of carboxylic acids is 1. The van der Waals surface area contributed by atoms with E-state index in [4.69, 9.17) is 0 Å². The Morgan fingerprint density at radius 1 is 1.47 bits per heavy atom. The van der Waals surface area contributed by atoms with Gasteiger partial charge in [-0.1, -0.05) is 13.8 Å². The first-order valence-corrected chi connectivity index (χ1v) is 6.70. The van der Waals surface area contributed by atoms with Crippen molar-refractivity contribution in [2.45, 2.75) is 52.0 Å². The van der Waals surface area contributed by atoms with Gasteiger partial charge in [0.1, 0.15) is 5.54 Å². The van der Waals surface area contributed by atoms with Crippen LogP contribution in [0.5, 0.6) is 0 Å². The van der Waals surface area contributed by atoms with Gasteiger partial charge in [-0.15, -0.1) is 0 Å². The van der Waals surface area contributed by atoms with E-state index in [9.17, 15) is 9.90 Å². The minimum absolute atomic E-state index is 0.164. The highest BCUT2D eigenvalue weighted by molar-refractivity contribution is 5.82. The molecular weight excluding hydrogens is 242 g/mol. The van der Waals surface area contributed by atoms with Gasteiger partial charge in [0.15, 0.2) is 0 Å². The van der Waals surface area contributed by atoms with Crippen molar-refractivity contribution in [3.8, 4) is 0 Å². The molecule has 2 rings (SSSR count). The van der Waals surface area contributed by atoms with Crippen molar-refractivity contribution in [1.82, 2.24) is 9.97 Å². The zero-order chi connectivity index (χ0) is 14.2. The molecule has 0 spiro atoms. The fourth-order valence-electron chi connectivity index (χ4n) is 2.17. The van der Waals surface area contributed by atoms with Gasteiger partial charge in [0.05, 0.1) is 0 Å². The Morgan fingerprint density at radius 2 is 2.11 bits per heavy atom. The van der Waals surface area contributed by atoms with Crippen LogP contribution < -0.4 is 5.32 Å². The molecule has 0 aliphatic heterocycles. The monoisotopic (exact) mass is 263 g/mol. The maximum atomic E-state index is 11.5.